The number of aryl methyl sites for hydroxylation is 3. The van der Waals surface area contributed by atoms with Gasteiger partial charge in [0, 0.05) is 23.1 Å². The molecule has 0 unspecified atom stereocenters. The largest absolute Gasteiger partial charge is 0.213 e. The number of aromatic nitrogens is 1. The Morgan fingerprint density at radius 2 is 1.74 bits per heavy atom. The van der Waals surface area contributed by atoms with Gasteiger partial charge in [0.1, 0.15) is 7.05 Å². The van der Waals surface area contributed by atoms with Crippen molar-refractivity contribution in [2.75, 3.05) is 0 Å². The highest BCUT2D eigenvalue weighted by atomic mass is 14.9. The van der Waals surface area contributed by atoms with E-state index in [1.165, 1.54) is 59.0 Å². The molecule has 2 aromatic carbocycles. The number of nitrogens with zero attached hydrogens (tertiary/aromatic N) is 1. The van der Waals surface area contributed by atoms with E-state index in [-0.39, 0.29) is 0 Å². The molecule has 0 amide bonds. The molecule has 3 rings (SSSR count). The average molecular weight is 304 g/mol. The van der Waals surface area contributed by atoms with Crippen molar-refractivity contribution in [3.63, 3.8) is 0 Å². The zero-order valence-corrected chi connectivity index (χ0v) is 14.5. The first kappa shape index (κ1) is 15.7. The molecule has 1 aromatic heterocycles. The maximum Gasteiger partial charge on any atom is 0.213 e. The van der Waals surface area contributed by atoms with E-state index in [9.17, 15) is 0 Å². The van der Waals surface area contributed by atoms with Crippen LogP contribution in [0.5, 0.6) is 0 Å². The second-order valence-corrected chi connectivity index (χ2v) is 6.44. The van der Waals surface area contributed by atoms with Gasteiger partial charge >= 0.3 is 0 Å². The number of unbranched alkanes of at least 4 members (excludes halogenated alkanes) is 2. The standard InChI is InChI=1S/C22H26N/c1-4-5-6-9-18-13-12-17(2)20(16-18)22-15-14-19-10-7-8-11-21(19)23(22)3/h7-8,10-16H,4-6,9H2,1-3H3/q+1. The summed E-state index contributed by atoms with van der Waals surface area (Å²) in [4.78, 5) is 0. The van der Waals surface area contributed by atoms with E-state index in [1.54, 1.807) is 0 Å². The summed E-state index contributed by atoms with van der Waals surface area (Å²) in [5, 5.41) is 1.29. The molecule has 0 spiro atoms. The van der Waals surface area contributed by atoms with Crippen LogP contribution in [0, 0.1) is 6.92 Å². The normalized spacial score (nSPS) is 11.1. The lowest BCUT2D eigenvalue weighted by atomic mass is 9.98. The molecule has 0 aliphatic heterocycles. The summed E-state index contributed by atoms with van der Waals surface area (Å²) in [6, 6.07) is 20.0. The number of hydrogen-bond donors (Lipinski definition) is 0. The minimum absolute atomic E-state index is 1.18. The van der Waals surface area contributed by atoms with E-state index in [2.05, 4.69) is 80.1 Å². The van der Waals surface area contributed by atoms with E-state index < -0.39 is 0 Å². The monoisotopic (exact) mass is 304 g/mol. The highest BCUT2D eigenvalue weighted by molar-refractivity contribution is 5.77. The molecule has 0 saturated carbocycles. The lowest BCUT2D eigenvalue weighted by Crippen LogP contribution is -2.32. The molecule has 1 nitrogen and oxygen atoms in total. The van der Waals surface area contributed by atoms with Gasteiger partial charge in [0.2, 0.25) is 11.2 Å². The van der Waals surface area contributed by atoms with E-state index in [0.29, 0.717) is 0 Å². The fourth-order valence-corrected chi connectivity index (χ4v) is 3.29. The summed E-state index contributed by atoms with van der Waals surface area (Å²) in [5.41, 5.74) is 6.72. The molecule has 118 valence electrons. The number of rotatable bonds is 5. The van der Waals surface area contributed by atoms with Crippen LogP contribution in [0.1, 0.15) is 37.3 Å². The lowest BCUT2D eigenvalue weighted by molar-refractivity contribution is -0.633. The molecule has 0 N–H and O–H groups in total. The predicted octanol–water partition coefficient (Wildman–Crippen LogP) is 5.37. The van der Waals surface area contributed by atoms with Crippen LogP contribution in [-0.2, 0) is 13.5 Å². The Bertz CT molecular complexity index is 817. The van der Waals surface area contributed by atoms with Crippen molar-refractivity contribution in [1.82, 2.24) is 0 Å². The molecule has 1 heteroatoms. The van der Waals surface area contributed by atoms with Crippen LogP contribution >= 0.6 is 0 Å². The number of para-hydroxylation sites is 1. The molecule has 0 aliphatic rings. The predicted molar refractivity (Wildman–Crippen MR) is 98.5 cm³/mol. The number of fused-ring (bicyclic) bond motifs is 1. The van der Waals surface area contributed by atoms with E-state index in [0.717, 1.165) is 0 Å². The van der Waals surface area contributed by atoms with Crippen molar-refractivity contribution in [3.8, 4) is 11.3 Å². The third-order valence-electron chi connectivity index (χ3n) is 4.73. The maximum atomic E-state index is 2.38. The van der Waals surface area contributed by atoms with Crippen molar-refractivity contribution in [2.24, 2.45) is 7.05 Å². The highest BCUT2D eigenvalue weighted by Crippen LogP contribution is 2.24. The second-order valence-electron chi connectivity index (χ2n) is 6.44. The van der Waals surface area contributed by atoms with Crippen LogP contribution < -0.4 is 4.57 Å². The average Bonchev–Trinajstić information content (AvgIpc) is 2.58. The summed E-state index contributed by atoms with van der Waals surface area (Å²) in [6.45, 7) is 4.47. The Hall–Kier alpha value is -2.15. The first-order chi connectivity index (χ1) is 11.2. The van der Waals surface area contributed by atoms with Crippen molar-refractivity contribution in [1.29, 1.82) is 0 Å². The van der Waals surface area contributed by atoms with Gasteiger partial charge in [-0.05, 0) is 49.1 Å². The zero-order chi connectivity index (χ0) is 16.2. The first-order valence-electron chi connectivity index (χ1n) is 8.68. The molecule has 3 aromatic rings. The second kappa shape index (κ2) is 6.95. The van der Waals surface area contributed by atoms with Gasteiger partial charge in [0.15, 0.2) is 0 Å². The Kier molecular flexibility index (Phi) is 4.76. The molecule has 0 atom stereocenters. The molecule has 0 aliphatic carbocycles. The third kappa shape index (κ3) is 3.29. The summed E-state index contributed by atoms with van der Waals surface area (Å²) < 4.78 is 2.31. The fourth-order valence-electron chi connectivity index (χ4n) is 3.29. The minimum Gasteiger partial charge on any atom is -0.194 e. The molecular weight excluding hydrogens is 278 g/mol. The Morgan fingerprint density at radius 3 is 2.57 bits per heavy atom. The van der Waals surface area contributed by atoms with Gasteiger partial charge in [-0.2, -0.15) is 4.57 Å². The Morgan fingerprint density at radius 1 is 0.913 bits per heavy atom. The number of pyridine rings is 1. The SMILES string of the molecule is CCCCCc1ccc(C)c(-c2ccc3ccccc3[n+]2C)c1. The molecule has 23 heavy (non-hydrogen) atoms. The summed E-state index contributed by atoms with van der Waals surface area (Å²) in [6.07, 6.45) is 5.05. The maximum absolute atomic E-state index is 2.38. The molecule has 0 saturated heterocycles. The molecular formula is C22H26N+. The zero-order valence-electron chi connectivity index (χ0n) is 14.5. The molecule has 0 bridgehead atoms. The molecule has 0 fully saturated rings. The van der Waals surface area contributed by atoms with Gasteiger partial charge in [0.05, 0.1) is 0 Å². The third-order valence-corrected chi connectivity index (χ3v) is 4.73. The van der Waals surface area contributed by atoms with Crippen LogP contribution in [-0.4, -0.2) is 0 Å². The first-order valence-corrected chi connectivity index (χ1v) is 8.68. The van der Waals surface area contributed by atoms with E-state index in [1.807, 2.05) is 0 Å². The van der Waals surface area contributed by atoms with Gasteiger partial charge in [-0.3, -0.25) is 0 Å². The number of hydrogen-bond acceptors (Lipinski definition) is 0. The van der Waals surface area contributed by atoms with E-state index in [4.69, 9.17) is 0 Å². The van der Waals surface area contributed by atoms with Crippen molar-refractivity contribution in [2.45, 2.75) is 39.5 Å². The molecule has 1 heterocycles. The van der Waals surface area contributed by atoms with Crippen LogP contribution in [0.3, 0.4) is 0 Å². The fraction of sp³-hybridized carbons (Fsp3) is 0.318. The lowest BCUT2D eigenvalue weighted by Gasteiger charge is -2.09. The van der Waals surface area contributed by atoms with Gasteiger partial charge in [-0.1, -0.05) is 44.0 Å². The van der Waals surface area contributed by atoms with Gasteiger partial charge in [0.25, 0.3) is 0 Å². The van der Waals surface area contributed by atoms with Crippen LogP contribution in [0.2, 0.25) is 0 Å². The van der Waals surface area contributed by atoms with Crippen molar-refractivity contribution in [3.05, 3.63) is 65.7 Å². The molecule has 0 radical (unpaired) electrons. The van der Waals surface area contributed by atoms with E-state index >= 15 is 0 Å². The summed E-state index contributed by atoms with van der Waals surface area (Å²) >= 11 is 0. The smallest absolute Gasteiger partial charge is 0.194 e. The Balaban J connectivity index is 2.04. The topological polar surface area (TPSA) is 3.88 Å². The minimum atomic E-state index is 1.18. The Labute approximate surface area is 139 Å². The highest BCUT2D eigenvalue weighted by Gasteiger charge is 2.15. The van der Waals surface area contributed by atoms with Crippen LogP contribution in [0.4, 0.5) is 0 Å². The quantitative estimate of drug-likeness (QED) is 0.440. The van der Waals surface area contributed by atoms with Gasteiger partial charge in [-0.15, -0.1) is 0 Å². The summed E-state index contributed by atoms with van der Waals surface area (Å²) in [5.74, 6) is 0. The summed E-state index contributed by atoms with van der Waals surface area (Å²) in [7, 11) is 2.17. The van der Waals surface area contributed by atoms with Gasteiger partial charge < -0.3 is 0 Å². The number of benzene rings is 2. The van der Waals surface area contributed by atoms with Crippen molar-refractivity contribution >= 4 is 10.9 Å². The van der Waals surface area contributed by atoms with Crippen molar-refractivity contribution < 1.29 is 4.57 Å². The van der Waals surface area contributed by atoms with Gasteiger partial charge in [-0.25, -0.2) is 0 Å². The van der Waals surface area contributed by atoms with Crippen LogP contribution in [0.15, 0.2) is 54.6 Å². The van der Waals surface area contributed by atoms with Crippen LogP contribution in [0.25, 0.3) is 22.2 Å².